The van der Waals surface area contributed by atoms with Gasteiger partial charge in [0.25, 0.3) is 0 Å². The van der Waals surface area contributed by atoms with Gasteiger partial charge in [-0.15, -0.1) is 0 Å². The molecule has 1 saturated heterocycles. The van der Waals surface area contributed by atoms with Crippen LogP contribution in [0.5, 0.6) is 0 Å². The van der Waals surface area contributed by atoms with Gasteiger partial charge >= 0.3 is 0 Å². The molecule has 2 fully saturated rings. The summed E-state index contributed by atoms with van der Waals surface area (Å²) in [5, 5.41) is 7.43. The summed E-state index contributed by atoms with van der Waals surface area (Å²) in [6.45, 7) is 4.16. The van der Waals surface area contributed by atoms with Crippen LogP contribution in [0.25, 0.3) is 11.3 Å². The number of hydrogen-bond acceptors (Lipinski definition) is 5. The summed E-state index contributed by atoms with van der Waals surface area (Å²) in [4.78, 5) is 9.26. The fraction of sp³-hybridized carbons (Fsp3) is 0.393. The first-order valence-electron chi connectivity index (χ1n) is 12.7. The maximum absolute atomic E-state index is 13.5. The molecule has 1 aliphatic heterocycles. The van der Waals surface area contributed by atoms with Gasteiger partial charge in [-0.05, 0) is 61.6 Å². The van der Waals surface area contributed by atoms with Crippen molar-refractivity contribution in [2.24, 2.45) is 5.92 Å². The number of halogens is 2. The third-order valence-electron chi connectivity index (χ3n) is 6.83. The van der Waals surface area contributed by atoms with Gasteiger partial charge in [-0.2, -0.15) is 0 Å². The molecule has 0 amide bonds. The summed E-state index contributed by atoms with van der Waals surface area (Å²) in [5.41, 5.74) is 2.45. The first-order valence-corrected chi connectivity index (χ1v) is 13.0. The standard InChI is InChI=1S/C28H32ClFN5O/c29-25-18-32-28(33-23-9-7-20(8-10-23)19-35-11-13-36-14-12-35)16-24(25)26-5-2-6-27(34-26)31-17-21-3-1-4-22(30)15-21/h1-6,15-16,18-20,23H,7-14,17H2,(H,31,34)(H,32,33)/q+1. The van der Waals surface area contributed by atoms with Crippen molar-refractivity contribution in [3.05, 3.63) is 71.1 Å². The largest absolute Gasteiger partial charge is 0.368 e. The number of benzene rings is 1. The molecule has 1 aliphatic carbocycles. The first kappa shape index (κ1) is 24.7. The Balaban J connectivity index is 1.21. The first-order chi connectivity index (χ1) is 17.6. The van der Waals surface area contributed by atoms with Crippen molar-refractivity contribution >= 4 is 29.5 Å². The van der Waals surface area contributed by atoms with Gasteiger partial charge in [-0.25, -0.2) is 18.9 Å². The van der Waals surface area contributed by atoms with Crippen molar-refractivity contribution in [1.82, 2.24) is 9.97 Å². The summed E-state index contributed by atoms with van der Waals surface area (Å²) < 4.78 is 21.3. The molecule has 36 heavy (non-hydrogen) atoms. The SMILES string of the molecule is Fc1cccc(CNc2cccc(-c3cc(NC4CCC(C=[N+]5CCOCC5)CC4)ncc3Cl)n2)c1. The summed E-state index contributed by atoms with van der Waals surface area (Å²) in [6, 6.07) is 14.7. The Morgan fingerprint density at radius 2 is 1.83 bits per heavy atom. The molecule has 5 rings (SSSR count). The quantitative estimate of drug-likeness (QED) is 0.405. The molecule has 0 spiro atoms. The molecule has 1 aromatic carbocycles. The van der Waals surface area contributed by atoms with E-state index >= 15 is 0 Å². The van der Waals surface area contributed by atoms with Crippen molar-refractivity contribution in [3.63, 3.8) is 0 Å². The highest BCUT2D eigenvalue weighted by Gasteiger charge is 2.24. The number of morpholine rings is 1. The lowest BCUT2D eigenvalue weighted by Gasteiger charge is -2.27. The van der Waals surface area contributed by atoms with Crippen LogP contribution in [0, 0.1) is 11.7 Å². The molecule has 0 atom stereocenters. The third-order valence-corrected chi connectivity index (χ3v) is 7.14. The molecule has 1 saturated carbocycles. The zero-order valence-electron chi connectivity index (χ0n) is 20.3. The minimum Gasteiger partial charge on any atom is -0.368 e. The molecular formula is C28H32ClFN5O+. The van der Waals surface area contributed by atoms with Gasteiger partial charge in [-0.1, -0.05) is 29.8 Å². The molecule has 2 N–H and O–H groups in total. The number of hydrogen-bond donors (Lipinski definition) is 2. The number of aromatic nitrogens is 2. The molecule has 3 heterocycles. The van der Waals surface area contributed by atoms with Gasteiger partial charge in [0.15, 0.2) is 13.1 Å². The molecule has 2 aliphatic rings. The highest BCUT2D eigenvalue weighted by Crippen LogP contribution is 2.31. The van der Waals surface area contributed by atoms with E-state index < -0.39 is 0 Å². The number of nitrogens with zero attached hydrogens (tertiary/aromatic N) is 3. The van der Waals surface area contributed by atoms with Crippen LogP contribution in [0.4, 0.5) is 16.0 Å². The maximum atomic E-state index is 13.5. The monoisotopic (exact) mass is 508 g/mol. The predicted octanol–water partition coefficient (Wildman–Crippen LogP) is 5.63. The van der Waals surface area contributed by atoms with Crippen LogP contribution < -0.4 is 10.6 Å². The second kappa shape index (κ2) is 11.8. The van der Waals surface area contributed by atoms with Crippen molar-refractivity contribution in [3.8, 4) is 11.3 Å². The van der Waals surface area contributed by atoms with Gasteiger partial charge in [0.2, 0.25) is 0 Å². The van der Waals surface area contributed by atoms with E-state index in [1.54, 1.807) is 12.3 Å². The number of rotatable bonds is 7. The normalized spacial score (nSPS) is 20.1. The lowest BCUT2D eigenvalue weighted by atomic mass is 9.86. The van der Waals surface area contributed by atoms with Crippen LogP contribution in [-0.4, -0.2) is 53.1 Å². The van der Waals surface area contributed by atoms with E-state index in [0.717, 1.165) is 61.8 Å². The van der Waals surface area contributed by atoms with E-state index in [-0.39, 0.29) is 5.82 Å². The van der Waals surface area contributed by atoms with Gasteiger partial charge < -0.3 is 15.4 Å². The van der Waals surface area contributed by atoms with Gasteiger partial charge in [-0.3, -0.25) is 0 Å². The van der Waals surface area contributed by atoms with Crippen LogP contribution in [0.2, 0.25) is 5.02 Å². The Morgan fingerprint density at radius 1 is 1.03 bits per heavy atom. The average Bonchev–Trinajstić information content (AvgIpc) is 2.90. The second-order valence-electron chi connectivity index (χ2n) is 9.49. The smallest absolute Gasteiger partial charge is 0.165 e. The Morgan fingerprint density at radius 3 is 2.64 bits per heavy atom. The molecule has 0 unspecified atom stereocenters. The van der Waals surface area contributed by atoms with Crippen LogP contribution in [0.1, 0.15) is 31.2 Å². The Labute approximate surface area is 216 Å². The molecule has 6 nitrogen and oxygen atoms in total. The molecular weight excluding hydrogens is 477 g/mol. The van der Waals surface area contributed by atoms with Crippen molar-refractivity contribution in [2.45, 2.75) is 38.3 Å². The second-order valence-corrected chi connectivity index (χ2v) is 9.90. The van der Waals surface area contributed by atoms with Crippen LogP contribution in [0.3, 0.4) is 0 Å². The average molecular weight is 509 g/mol. The van der Waals surface area contributed by atoms with E-state index in [1.807, 2.05) is 30.3 Å². The van der Waals surface area contributed by atoms with Crippen molar-refractivity contribution < 1.29 is 13.7 Å². The van der Waals surface area contributed by atoms with E-state index in [1.165, 1.54) is 25.0 Å². The fourth-order valence-electron chi connectivity index (χ4n) is 4.88. The number of anilines is 2. The summed E-state index contributed by atoms with van der Waals surface area (Å²) >= 11 is 6.52. The Bertz CT molecular complexity index is 1200. The minimum absolute atomic E-state index is 0.247. The zero-order chi connectivity index (χ0) is 24.7. The van der Waals surface area contributed by atoms with E-state index in [4.69, 9.17) is 21.3 Å². The number of ether oxygens (including phenoxy) is 1. The molecule has 0 radical (unpaired) electrons. The van der Waals surface area contributed by atoms with Crippen LogP contribution in [0.15, 0.2) is 54.7 Å². The fourth-order valence-corrected chi connectivity index (χ4v) is 5.08. The highest BCUT2D eigenvalue weighted by atomic mass is 35.5. The summed E-state index contributed by atoms with van der Waals surface area (Å²) in [5.74, 6) is 1.91. The van der Waals surface area contributed by atoms with E-state index in [0.29, 0.717) is 29.3 Å². The lowest BCUT2D eigenvalue weighted by Crippen LogP contribution is -2.33. The minimum atomic E-state index is -0.247. The summed E-state index contributed by atoms with van der Waals surface area (Å²) in [6.07, 6.45) is 8.70. The third kappa shape index (κ3) is 6.59. The zero-order valence-corrected chi connectivity index (χ0v) is 21.1. The van der Waals surface area contributed by atoms with Crippen LogP contribution >= 0.6 is 11.6 Å². The van der Waals surface area contributed by atoms with E-state index in [9.17, 15) is 4.39 Å². The van der Waals surface area contributed by atoms with Crippen LogP contribution in [-0.2, 0) is 11.3 Å². The van der Waals surface area contributed by atoms with E-state index in [2.05, 4.69) is 26.4 Å². The highest BCUT2D eigenvalue weighted by molar-refractivity contribution is 6.33. The Kier molecular flexibility index (Phi) is 8.08. The van der Waals surface area contributed by atoms with Gasteiger partial charge in [0.1, 0.15) is 36.9 Å². The number of nitrogens with one attached hydrogen (secondary N) is 2. The topological polar surface area (TPSA) is 62.1 Å². The molecule has 3 aromatic rings. The predicted molar refractivity (Wildman–Crippen MR) is 142 cm³/mol. The molecule has 0 bridgehead atoms. The van der Waals surface area contributed by atoms with Crippen molar-refractivity contribution in [1.29, 1.82) is 0 Å². The summed E-state index contributed by atoms with van der Waals surface area (Å²) in [7, 11) is 0. The molecule has 188 valence electrons. The Hall–Kier alpha value is -3.03. The van der Waals surface area contributed by atoms with Crippen molar-refractivity contribution in [2.75, 3.05) is 36.9 Å². The number of pyridine rings is 2. The van der Waals surface area contributed by atoms with Gasteiger partial charge in [0.05, 0.1) is 10.7 Å². The van der Waals surface area contributed by atoms with Gasteiger partial charge in [0, 0.05) is 30.3 Å². The molecule has 2 aromatic heterocycles. The maximum Gasteiger partial charge on any atom is 0.165 e. The molecule has 8 heteroatoms. The lowest BCUT2D eigenvalue weighted by molar-refractivity contribution is -0.547.